The fourth-order valence-electron chi connectivity index (χ4n) is 2.71. The second-order valence-corrected chi connectivity index (χ2v) is 4.93. The molecule has 1 saturated heterocycles. The number of hydrogen-bond acceptors (Lipinski definition) is 3. The van der Waals surface area contributed by atoms with Crippen molar-refractivity contribution in [1.29, 1.82) is 0 Å². The molecule has 0 saturated carbocycles. The van der Waals surface area contributed by atoms with Crippen molar-refractivity contribution in [3.8, 4) is 0 Å². The van der Waals surface area contributed by atoms with Gasteiger partial charge in [0.1, 0.15) is 5.82 Å². The molecular formula is C14H23N3. The van der Waals surface area contributed by atoms with Crippen molar-refractivity contribution in [2.24, 2.45) is 0 Å². The Bertz CT molecular complexity index is 351. The summed E-state index contributed by atoms with van der Waals surface area (Å²) in [5, 5.41) is 0. The van der Waals surface area contributed by atoms with Crippen LogP contribution in [-0.4, -0.2) is 22.5 Å². The van der Waals surface area contributed by atoms with Gasteiger partial charge < -0.3 is 5.73 Å². The normalized spacial score (nSPS) is 22.3. The first-order chi connectivity index (χ1) is 8.31. The molecule has 1 aromatic heterocycles. The highest BCUT2D eigenvalue weighted by molar-refractivity contribution is 5.38. The second-order valence-electron chi connectivity index (χ2n) is 4.93. The Morgan fingerprint density at radius 1 is 1.41 bits per heavy atom. The smallest absolute Gasteiger partial charge is 0.127 e. The highest BCUT2D eigenvalue weighted by Gasteiger charge is 2.20. The lowest BCUT2D eigenvalue weighted by Gasteiger charge is -2.29. The van der Waals surface area contributed by atoms with Crippen LogP contribution in [0.1, 0.15) is 44.6 Å². The number of pyridine rings is 1. The minimum Gasteiger partial charge on any atom is -0.383 e. The van der Waals surface area contributed by atoms with Crippen molar-refractivity contribution in [2.45, 2.75) is 51.6 Å². The largest absolute Gasteiger partial charge is 0.383 e. The van der Waals surface area contributed by atoms with E-state index in [1.54, 1.807) is 6.20 Å². The Kier molecular flexibility index (Phi) is 4.37. The van der Waals surface area contributed by atoms with E-state index in [0.29, 0.717) is 5.82 Å². The molecule has 17 heavy (non-hydrogen) atoms. The highest BCUT2D eigenvalue weighted by Crippen LogP contribution is 2.22. The van der Waals surface area contributed by atoms with E-state index >= 15 is 0 Å². The van der Waals surface area contributed by atoms with Gasteiger partial charge in [-0.15, -0.1) is 0 Å². The summed E-state index contributed by atoms with van der Waals surface area (Å²) < 4.78 is 0. The van der Waals surface area contributed by atoms with Crippen molar-refractivity contribution in [3.63, 3.8) is 0 Å². The van der Waals surface area contributed by atoms with E-state index in [1.807, 2.05) is 6.07 Å². The SMILES string of the molecule is CCC1CCCCCN1Cc1cccnc1N. The molecule has 1 aliphatic rings. The molecular weight excluding hydrogens is 210 g/mol. The fraction of sp³-hybridized carbons (Fsp3) is 0.643. The van der Waals surface area contributed by atoms with E-state index in [0.717, 1.165) is 12.6 Å². The molecule has 0 bridgehead atoms. The van der Waals surface area contributed by atoms with Crippen LogP contribution in [0.15, 0.2) is 18.3 Å². The van der Waals surface area contributed by atoms with Gasteiger partial charge in [0.15, 0.2) is 0 Å². The predicted octanol–water partition coefficient (Wildman–Crippen LogP) is 2.82. The molecule has 1 aliphatic heterocycles. The van der Waals surface area contributed by atoms with Gasteiger partial charge in [-0.25, -0.2) is 4.98 Å². The number of likely N-dealkylation sites (tertiary alicyclic amines) is 1. The maximum absolute atomic E-state index is 5.93. The van der Waals surface area contributed by atoms with Gasteiger partial charge in [0.25, 0.3) is 0 Å². The van der Waals surface area contributed by atoms with Gasteiger partial charge in [-0.2, -0.15) is 0 Å². The predicted molar refractivity (Wildman–Crippen MR) is 71.6 cm³/mol. The first-order valence-electron chi connectivity index (χ1n) is 6.74. The number of hydrogen-bond donors (Lipinski definition) is 1. The first-order valence-corrected chi connectivity index (χ1v) is 6.74. The average Bonchev–Trinajstić information content (AvgIpc) is 2.57. The molecule has 1 atom stereocenters. The van der Waals surface area contributed by atoms with Gasteiger partial charge in [0.05, 0.1) is 0 Å². The summed E-state index contributed by atoms with van der Waals surface area (Å²) in [6.07, 6.45) is 8.39. The fourth-order valence-corrected chi connectivity index (χ4v) is 2.71. The number of anilines is 1. The lowest BCUT2D eigenvalue weighted by atomic mass is 10.1. The lowest BCUT2D eigenvalue weighted by Crippen LogP contribution is -2.34. The van der Waals surface area contributed by atoms with Crippen LogP contribution >= 0.6 is 0 Å². The zero-order chi connectivity index (χ0) is 12.1. The summed E-state index contributed by atoms with van der Waals surface area (Å²) >= 11 is 0. The third-order valence-electron chi connectivity index (χ3n) is 3.77. The molecule has 0 aliphatic carbocycles. The standard InChI is InChI=1S/C14H23N3/c1-2-13-8-4-3-5-10-17(13)11-12-7-6-9-16-14(12)15/h6-7,9,13H,2-5,8,10-11H2,1H3,(H2,15,16). The Morgan fingerprint density at radius 3 is 3.06 bits per heavy atom. The number of nitrogens with two attached hydrogens (primary N) is 1. The molecule has 3 heteroatoms. The quantitative estimate of drug-likeness (QED) is 0.873. The van der Waals surface area contributed by atoms with E-state index in [1.165, 1.54) is 44.2 Å². The average molecular weight is 233 g/mol. The van der Waals surface area contributed by atoms with Crippen LogP contribution in [0.4, 0.5) is 5.82 Å². The number of nitrogen functional groups attached to an aromatic ring is 1. The lowest BCUT2D eigenvalue weighted by molar-refractivity contribution is 0.186. The molecule has 1 fully saturated rings. The second kappa shape index (κ2) is 6.01. The minimum absolute atomic E-state index is 0.687. The number of rotatable bonds is 3. The van der Waals surface area contributed by atoms with Crippen LogP contribution in [0, 0.1) is 0 Å². The van der Waals surface area contributed by atoms with Gasteiger partial charge in [0, 0.05) is 24.3 Å². The van der Waals surface area contributed by atoms with E-state index < -0.39 is 0 Å². The molecule has 0 radical (unpaired) electrons. The molecule has 0 aromatic carbocycles. The van der Waals surface area contributed by atoms with Gasteiger partial charge in [-0.3, -0.25) is 4.90 Å². The van der Waals surface area contributed by atoms with Crippen molar-refractivity contribution >= 4 is 5.82 Å². The molecule has 1 aromatic rings. The zero-order valence-corrected chi connectivity index (χ0v) is 10.7. The zero-order valence-electron chi connectivity index (χ0n) is 10.7. The van der Waals surface area contributed by atoms with Crippen LogP contribution in [-0.2, 0) is 6.54 Å². The van der Waals surface area contributed by atoms with Gasteiger partial charge in [0.2, 0.25) is 0 Å². The van der Waals surface area contributed by atoms with E-state index in [-0.39, 0.29) is 0 Å². The van der Waals surface area contributed by atoms with Gasteiger partial charge in [-0.1, -0.05) is 25.8 Å². The summed E-state index contributed by atoms with van der Waals surface area (Å²) in [7, 11) is 0. The molecule has 1 unspecified atom stereocenters. The maximum atomic E-state index is 5.93. The monoisotopic (exact) mass is 233 g/mol. The number of aromatic nitrogens is 1. The Labute approximate surface area is 104 Å². The molecule has 94 valence electrons. The van der Waals surface area contributed by atoms with Crippen LogP contribution in [0.5, 0.6) is 0 Å². The van der Waals surface area contributed by atoms with Crippen LogP contribution < -0.4 is 5.73 Å². The topological polar surface area (TPSA) is 42.2 Å². The van der Waals surface area contributed by atoms with Crippen LogP contribution in [0.25, 0.3) is 0 Å². The summed E-state index contributed by atoms with van der Waals surface area (Å²) in [5.74, 6) is 0.687. The van der Waals surface area contributed by atoms with Crippen molar-refractivity contribution < 1.29 is 0 Å². The molecule has 0 spiro atoms. The first kappa shape index (κ1) is 12.4. The van der Waals surface area contributed by atoms with E-state index in [2.05, 4.69) is 22.9 Å². The van der Waals surface area contributed by atoms with Crippen LogP contribution in [0.3, 0.4) is 0 Å². The van der Waals surface area contributed by atoms with Crippen molar-refractivity contribution in [1.82, 2.24) is 9.88 Å². The number of nitrogens with zero attached hydrogens (tertiary/aromatic N) is 2. The summed E-state index contributed by atoms with van der Waals surface area (Å²) in [6.45, 7) is 4.45. The third-order valence-corrected chi connectivity index (χ3v) is 3.77. The van der Waals surface area contributed by atoms with Crippen LogP contribution in [0.2, 0.25) is 0 Å². The molecule has 2 heterocycles. The Morgan fingerprint density at radius 2 is 2.29 bits per heavy atom. The molecule has 0 amide bonds. The third kappa shape index (κ3) is 3.19. The molecule has 2 N–H and O–H groups in total. The van der Waals surface area contributed by atoms with E-state index in [4.69, 9.17) is 5.73 Å². The Hall–Kier alpha value is -1.09. The highest BCUT2D eigenvalue weighted by atomic mass is 15.2. The van der Waals surface area contributed by atoms with Gasteiger partial charge in [-0.05, 0) is 31.9 Å². The minimum atomic E-state index is 0.687. The van der Waals surface area contributed by atoms with E-state index in [9.17, 15) is 0 Å². The van der Waals surface area contributed by atoms with Gasteiger partial charge >= 0.3 is 0 Å². The van der Waals surface area contributed by atoms with Crippen molar-refractivity contribution in [3.05, 3.63) is 23.9 Å². The summed E-state index contributed by atoms with van der Waals surface area (Å²) in [4.78, 5) is 6.75. The Balaban J connectivity index is 2.07. The molecule has 3 nitrogen and oxygen atoms in total. The summed E-state index contributed by atoms with van der Waals surface area (Å²) in [5.41, 5.74) is 7.10. The summed E-state index contributed by atoms with van der Waals surface area (Å²) in [6, 6.07) is 4.79. The maximum Gasteiger partial charge on any atom is 0.127 e. The van der Waals surface area contributed by atoms with Crippen molar-refractivity contribution in [2.75, 3.05) is 12.3 Å². The molecule has 2 rings (SSSR count).